The Bertz CT molecular complexity index is 493. The summed E-state index contributed by atoms with van der Waals surface area (Å²) in [5.41, 5.74) is -0.0949. The Morgan fingerprint density at radius 2 is 1.72 bits per heavy atom. The minimum Gasteiger partial charge on any atom is -0.373 e. The van der Waals surface area contributed by atoms with E-state index in [0.29, 0.717) is 12.3 Å². The van der Waals surface area contributed by atoms with Crippen molar-refractivity contribution in [1.29, 1.82) is 0 Å². The standard InChI is InChI=1S/C20H34N2O3/c1-13-10-22(11-14(2)25-13)20(3,4)12-21-19(24)17-8-15-6-5-7-16(9-17)18(15)23/h13-17H,5-12H2,1-4H3,(H,21,24)/t13-,14+,15-,16+,17?. The Balaban J connectivity index is 1.54. The summed E-state index contributed by atoms with van der Waals surface area (Å²) in [6.07, 6.45) is 5.07. The fourth-order valence-electron chi connectivity index (χ4n) is 4.93. The van der Waals surface area contributed by atoms with Crippen molar-refractivity contribution >= 4 is 11.7 Å². The third kappa shape index (κ3) is 4.25. The first-order chi connectivity index (χ1) is 11.8. The number of rotatable bonds is 4. The number of ketones is 1. The highest BCUT2D eigenvalue weighted by Gasteiger charge is 2.41. The van der Waals surface area contributed by atoms with Crippen molar-refractivity contribution in [3.05, 3.63) is 0 Å². The summed E-state index contributed by atoms with van der Waals surface area (Å²) in [7, 11) is 0. The fraction of sp³-hybridized carbons (Fsp3) is 0.900. The molecule has 142 valence electrons. The van der Waals surface area contributed by atoms with Crippen LogP contribution in [-0.4, -0.2) is 54.0 Å². The quantitative estimate of drug-likeness (QED) is 0.846. The molecule has 1 N–H and O–H groups in total. The molecular formula is C20H34N2O3. The zero-order chi connectivity index (χ0) is 18.2. The predicted octanol–water partition coefficient (Wildman–Crippen LogP) is 2.39. The van der Waals surface area contributed by atoms with Crippen LogP contribution in [0, 0.1) is 17.8 Å². The number of amides is 1. The van der Waals surface area contributed by atoms with Crippen LogP contribution in [0.4, 0.5) is 0 Å². The van der Waals surface area contributed by atoms with Crippen LogP contribution in [-0.2, 0) is 14.3 Å². The van der Waals surface area contributed by atoms with Crippen LogP contribution in [0.2, 0.25) is 0 Å². The highest BCUT2D eigenvalue weighted by molar-refractivity contribution is 5.88. The summed E-state index contributed by atoms with van der Waals surface area (Å²) in [6.45, 7) is 11.0. The second-order valence-electron chi connectivity index (χ2n) is 9.09. The number of nitrogens with one attached hydrogen (secondary N) is 1. The summed E-state index contributed by atoms with van der Waals surface area (Å²) in [4.78, 5) is 27.4. The lowest BCUT2D eigenvalue weighted by Gasteiger charge is -2.45. The van der Waals surface area contributed by atoms with E-state index >= 15 is 0 Å². The van der Waals surface area contributed by atoms with E-state index in [4.69, 9.17) is 4.74 Å². The molecule has 1 heterocycles. The maximum absolute atomic E-state index is 12.7. The van der Waals surface area contributed by atoms with Gasteiger partial charge in [0.05, 0.1) is 12.2 Å². The minimum atomic E-state index is -0.0949. The molecule has 2 saturated carbocycles. The van der Waals surface area contributed by atoms with Gasteiger partial charge in [-0.1, -0.05) is 6.42 Å². The highest BCUT2D eigenvalue weighted by Crippen LogP contribution is 2.40. The third-order valence-electron chi connectivity index (χ3n) is 6.39. The molecule has 1 unspecified atom stereocenters. The molecule has 0 aromatic carbocycles. The van der Waals surface area contributed by atoms with Gasteiger partial charge in [0, 0.05) is 42.9 Å². The number of nitrogens with zero attached hydrogens (tertiary/aromatic N) is 1. The van der Waals surface area contributed by atoms with Gasteiger partial charge in [-0.3, -0.25) is 14.5 Å². The molecule has 5 nitrogen and oxygen atoms in total. The summed E-state index contributed by atoms with van der Waals surface area (Å²) in [5.74, 6) is 0.861. The number of ether oxygens (including phenoxy) is 1. The molecule has 1 amide bonds. The van der Waals surface area contributed by atoms with Gasteiger partial charge < -0.3 is 10.1 Å². The third-order valence-corrected chi connectivity index (χ3v) is 6.39. The molecule has 3 fully saturated rings. The average Bonchev–Trinajstić information content (AvgIpc) is 2.51. The van der Waals surface area contributed by atoms with Crippen LogP contribution in [0.3, 0.4) is 0 Å². The first-order valence-corrected chi connectivity index (χ1v) is 9.98. The van der Waals surface area contributed by atoms with E-state index in [1.54, 1.807) is 0 Å². The SMILES string of the molecule is C[C@@H]1CN(C(C)(C)CNC(=O)C2C[C@H]3CCC[C@@H](C2)C3=O)C[C@H](C)O1. The van der Waals surface area contributed by atoms with Crippen molar-refractivity contribution < 1.29 is 14.3 Å². The Morgan fingerprint density at radius 1 is 1.16 bits per heavy atom. The number of carbonyl (C=O) groups excluding carboxylic acids is 2. The van der Waals surface area contributed by atoms with Crippen LogP contribution in [0.5, 0.6) is 0 Å². The fourth-order valence-corrected chi connectivity index (χ4v) is 4.93. The van der Waals surface area contributed by atoms with E-state index < -0.39 is 0 Å². The van der Waals surface area contributed by atoms with Crippen LogP contribution >= 0.6 is 0 Å². The first kappa shape index (κ1) is 18.8. The first-order valence-electron chi connectivity index (χ1n) is 9.98. The van der Waals surface area contributed by atoms with E-state index in [-0.39, 0.29) is 41.4 Å². The smallest absolute Gasteiger partial charge is 0.223 e. The van der Waals surface area contributed by atoms with Gasteiger partial charge in [0.1, 0.15) is 5.78 Å². The highest BCUT2D eigenvalue weighted by atomic mass is 16.5. The van der Waals surface area contributed by atoms with Crippen LogP contribution in [0.15, 0.2) is 0 Å². The van der Waals surface area contributed by atoms with Crippen molar-refractivity contribution in [3.63, 3.8) is 0 Å². The number of morpholine rings is 1. The molecule has 2 bridgehead atoms. The Labute approximate surface area is 151 Å². The zero-order valence-electron chi connectivity index (χ0n) is 16.2. The number of hydrogen-bond donors (Lipinski definition) is 1. The number of carbonyl (C=O) groups is 2. The summed E-state index contributed by atoms with van der Waals surface area (Å²) in [5, 5.41) is 3.19. The second-order valence-corrected chi connectivity index (χ2v) is 9.09. The predicted molar refractivity (Wildman–Crippen MR) is 97.2 cm³/mol. The van der Waals surface area contributed by atoms with Crippen LogP contribution in [0.1, 0.15) is 59.8 Å². The molecule has 0 radical (unpaired) electrons. The molecule has 3 rings (SSSR count). The van der Waals surface area contributed by atoms with Crippen molar-refractivity contribution in [3.8, 4) is 0 Å². The number of fused-ring (bicyclic) bond motifs is 2. The van der Waals surface area contributed by atoms with E-state index in [1.807, 2.05) is 0 Å². The maximum Gasteiger partial charge on any atom is 0.223 e. The van der Waals surface area contributed by atoms with E-state index in [2.05, 4.69) is 37.9 Å². The minimum absolute atomic E-state index is 0.0198. The van der Waals surface area contributed by atoms with E-state index in [0.717, 1.165) is 45.2 Å². The van der Waals surface area contributed by atoms with Crippen LogP contribution in [0.25, 0.3) is 0 Å². The Hall–Kier alpha value is -0.940. The normalized spacial score (nSPS) is 37.0. The van der Waals surface area contributed by atoms with Crippen molar-refractivity contribution in [2.24, 2.45) is 17.8 Å². The molecule has 5 heteroatoms. The molecule has 1 aliphatic heterocycles. The Kier molecular flexibility index (Phi) is 5.54. The molecule has 2 aliphatic carbocycles. The van der Waals surface area contributed by atoms with Gasteiger partial charge in [-0.15, -0.1) is 0 Å². The van der Waals surface area contributed by atoms with Gasteiger partial charge >= 0.3 is 0 Å². The average molecular weight is 351 g/mol. The lowest BCUT2D eigenvalue weighted by molar-refractivity contribution is -0.138. The summed E-state index contributed by atoms with van der Waals surface area (Å²) in [6, 6.07) is 0. The van der Waals surface area contributed by atoms with Gasteiger partial charge in [0.15, 0.2) is 0 Å². The van der Waals surface area contributed by atoms with Gasteiger partial charge in [-0.25, -0.2) is 0 Å². The molecule has 1 saturated heterocycles. The topological polar surface area (TPSA) is 58.6 Å². The molecule has 3 aliphatic rings. The second kappa shape index (κ2) is 7.36. The molecule has 25 heavy (non-hydrogen) atoms. The van der Waals surface area contributed by atoms with Gasteiger partial charge in [-0.2, -0.15) is 0 Å². The van der Waals surface area contributed by atoms with Gasteiger partial charge in [-0.05, 0) is 53.4 Å². The zero-order valence-corrected chi connectivity index (χ0v) is 16.2. The summed E-state index contributed by atoms with van der Waals surface area (Å²) < 4.78 is 5.82. The van der Waals surface area contributed by atoms with Gasteiger partial charge in [0.2, 0.25) is 5.91 Å². The number of hydrogen-bond acceptors (Lipinski definition) is 4. The summed E-state index contributed by atoms with van der Waals surface area (Å²) >= 11 is 0. The molecule has 5 atom stereocenters. The van der Waals surface area contributed by atoms with E-state index in [1.165, 1.54) is 0 Å². The van der Waals surface area contributed by atoms with Gasteiger partial charge in [0.25, 0.3) is 0 Å². The molecule has 0 aromatic rings. The number of Topliss-reactive ketones (excluding diaryl/α,β-unsaturated/α-hetero) is 1. The van der Waals surface area contributed by atoms with Crippen molar-refractivity contribution in [2.45, 2.75) is 77.5 Å². The lowest BCUT2D eigenvalue weighted by atomic mass is 9.67. The largest absolute Gasteiger partial charge is 0.373 e. The molecular weight excluding hydrogens is 316 g/mol. The van der Waals surface area contributed by atoms with Crippen molar-refractivity contribution in [1.82, 2.24) is 10.2 Å². The molecule has 0 aromatic heterocycles. The van der Waals surface area contributed by atoms with Crippen molar-refractivity contribution in [2.75, 3.05) is 19.6 Å². The monoisotopic (exact) mass is 350 g/mol. The van der Waals surface area contributed by atoms with Crippen LogP contribution < -0.4 is 5.32 Å². The molecule has 0 spiro atoms. The van der Waals surface area contributed by atoms with E-state index in [9.17, 15) is 9.59 Å². The lowest BCUT2D eigenvalue weighted by Crippen LogP contribution is -2.59. The maximum atomic E-state index is 12.7. The Morgan fingerprint density at radius 3 is 2.28 bits per heavy atom.